The SMILES string of the molecule is [C-]#[N+]C1=C(C)C(=Cc2sc(C(CCCC)CCCC)nc2-c2ccccc2)C(=O)N(N(C(C)=O)C(=O)c2ccccc2)C1=O. The normalized spacial score (nSPS) is 14.4. The molecule has 0 bridgehead atoms. The Labute approximate surface area is 262 Å². The Hall–Kier alpha value is -4.68. The van der Waals surface area contributed by atoms with Crippen molar-refractivity contribution in [1.82, 2.24) is 15.0 Å². The monoisotopic (exact) mass is 608 g/mol. The number of amides is 4. The summed E-state index contributed by atoms with van der Waals surface area (Å²) in [5, 5.41) is 2.00. The predicted molar refractivity (Wildman–Crippen MR) is 172 cm³/mol. The van der Waals surface area contributed by atoms with Crippen LogP contribution in [0.25, 0.3) is 22.2 Å². The van der Waals surface area contributed by atoms with Gasteiger partial charge in [0.2, 0.25) is 5.91 Å². The van der Waals surface area contributed by atoms with Crippen molar-refractivity contribution in [2.24, 2.45) is 0 Å². The second-order valence-electron chi connectivity index (χ2n) is 10.7. The van der Waals surface area contributed by atoms with Gasteiger partial charge in [0.05, 0.1) is 22.2 Å². The molecule has 0 radical (unpaired) electrons. The van der Waals surface area contributed by atoms with Crippen molar-refractivity contribution in [1.29, 1.82) is 0 Å². The molecule has 0 aliphatic carbocycles. The quantitative estimate of drug-likeness (QED) is 0.126. The number of hydrazine groups is 1. The Kier molecular flexibility index (Phi) is 10.7. The molecular weight excluding hydrogens is 572 g/mol. The number of aromatic nitrogens is 1. The van der Waals surface area contributed by atoms with Crippen molar-refractivity contribution in [3.63, 3.8) is 0 Å². The van der Waals surface area contributed by atoms with E-state index in [4.69, 9.17) is 11.6 Å². The van der Waals surface area contributed by atoms with Gasteiger partial charge in [-0.15, -0.1) is 11.3 Å². The Balaban J connectivity index is 1.88. The lowest BCUT2D eigenvalue weighted by atomic mass is 9.96. The average Bonchev–Trinajstić information content (AvgIpc) is 3.45. The molecule has 0 unspecified atom stereocenters. The predicted octanol–water partition coefficient (Wildman–Crippen LogP) is 7.82. The summed E-state index contributed by atoms with van der Waals surface area (Å²) in [6.45, 7) is 14.7. The maximum absolute atomic E-state index is 14.1. The first-order valence-electron chi connectivity index (χ1n) is 14.9. The van der Waals surface area contributed by atoms with Crippen LogP contribution in [0, 0.1) is 6.57 Å². The van der Waals surface area contributed by atoms with Gasteiger partial charge in [-0.1, -0.05) is 88.1 Å². The number of nitrogens with zero attached hydrogens (tertiary/aromatic N) is 4. The second-order valence-corrected chi connectivity index (χ2v) is 11.7. The molecule has 4 amide bonds. The van der Waals surface area contributed by atoms with Gasteiger partial charge in [0.15, 0.2) is 0 Å². The first kappa shape index (κ1) is 32.2. The summed E-state index contributed by atoms with van der Waals surface area (Å²) in [5.74, 6) is -3.29. The van der Waals surface area contributed by atoms with E-state index in [1.807, 2.05) is 30.3 Å². The van der Waals surface area contributed by atoms with E-state index in [-0.39, 0.29) is 28.3 Å². The van der Waals surface area contributed by atoms with Crippen LogP contribution in [0.2, 0.25) is 0 Å². The van der Waals surface area contributed by atoms with Crippen LogP contribution in [0.4, 0.5) is 0 Å². The van der Waals surface area contributed by atoms with Gasteiger partial charge in [0.25, 0.3) is 23.4 Å². The molecule has 0 fully saturated rings. The summed E-state index contributed by atoms with van der Waals surface area (Å²) in [4.78, 5) is 63.1. The van der Waals surface area contributed by atoms with E-state index >= 15 is 0 Å². The number of unbranched alkanes of at least 4 members (excludes halogenated alkanes) is 2. The molecule has 0 saturated heterocycles. The van der Waals surface area contributed by atoms with Crippen LogP contribution in [0.5, 0.6) is 0 Å². The first-order valence-corrected chi connectivity index (χ1v) is 15.7. The van der Waals surface area contributed by atoms with E-state index in [1.54, 1.807) is 31.2 Å². The van der Waals surface area contributed by atoms with Crippen LogP contribution in [-0.4, -0.2) is 38.6 Å². The Morgan fingerprint density at radius 1 is 0.977 bits per heavy atom. The van der Waals surface area contributed by atoms with Gasteiger partial charge in [0.1, 0.15) is 0 Å². The van der Waals surface area contributed by atoms with Crippen molar-refractivity contribution in [3.8, 4) is 11.3 Å². The van der Waals surface area contributed by atoms with Gasteiger partial charge in [0, 0.05) is 29.5 Å². The minimum absolute atomic E-state index is 0.0498. The van der Waals surface area contributed by atoms with Crippen LogP contribution in [0.1, 0.15) is 92.4 Å². The zero-order valence-corrected chi connectivity index (χ0v) is 26.3. The highest BCUT2D eigenvalue weighted by molar-refractivity contribution is 7.13. The molecule has 3 aromatic rings. The first-order chi connectivity index (χ1) is 21.2. The number of carbonyl (C=O) groups is 4. The molecule has 0 saturated carbocycles. The number of hydrogen-bond donors (Lipinski definition) is 0. The van der Waals surface area contributed by atoms with Crippen molar-refractivity contribution in [3.05, 3.63) is 104 Å². The largest absolute Gasteiger partial charge is 0.281 e. The molecule has 0 spiro atoms. The van der Waals surface area contributed by atoms with Crippen LogP contribution in [0.3, 0.4) is 0 Å². The topological polar surface area (TPSA) is 92.0 Å². The van der Waals surface area contributed by atoms with E-state index in [0.29, 0.717) is 20.6 Å². The lowest BCUT2D eigenvalue weighted by Gasteiger charge is -2.34. The molecule has 9 heteroatoms. The molecule has 2 heterocycles. The number of hydrogen-bond acceptors (Lipinski definition) is 6. The van der Waals surface area contributed by atoms with Crippen molar-refractivity contribution in [2.75, 3.05) is 0 Å². The number of rotatable bonds is 11. The van der Waals surface area contributed by atoms with Crippen LogP contribution < -0.4 is 0 Å². The van der Waals surface area contributed by atoms with E-state index in [1.165, 1.54) is 23.5 Å². The van der Waals surface area contributed by atoms with Gasteiger partial charge in [-0.25, -0.2) is 9.83 Å². The van der Waals surface area contributed by atoms with E-state index < -0.39 is 23.6 Å². The lowest BCUT2D eigenvalue weighted by molar-refractivity contribution is -0.163. The third kappa shape index (κ3) is 6.76. The molecule has 4 rings (SSSR count). The summed E-state index contributed by atoms with van der Waals surface area (Å²) < 4.78 is 0. The average molecular weight is 609 g/mol. The summed E-state index contributed by atoms with van der Waals surface area (Å²) in [6.07, 6.45) is 7.96. The summed E-state index contributed by atoms with van der Waals surface area (Å²) in [7, 11) is 0. The standard InChI is InChI=1S/C35H36N4O4S/c1-6-8-16-26(17-9-7-2)32-37-31(25-18-12-10-13-19-25)29(44-32)22-28-23(3)30(36-5)35(43)39(34(28)42)38(24(4)40)33(41)27-20-14-11-15-21-27/h10-15,18-22,26H,6-9,16-17H2,1-4H3. The highest BCUT2D eigenvalue weighted by atomic mass is 32.1. The van der Waals surface area contributed by atoms with Crippen molar-refractivity contribution in [2.45, 2.75) is 72.1 Å². The molecule has 0 atom stereocenters. The third-order valence-electron chi connectivity index (χ3n) is 7.55. The van der Waals surface area contributed by atoms with Gasteiger partial charge < -0.3 is 0 Å². The van der Waals surface area contributed by atoms with Crippen LogP contribution in [0.15, 0.2) is 77.5 Å². The molecule has 1 aliphatic rings. The Morgan fingerprint density at radius 2 is 1.57 bits per heavy atom. The summed E-state index contributed by atoms with van der Waals surface area (Å²) >= 11 is 1.50. The molecule has 0 N–H and O–H groups in total. The lowest BCUT2D eigenvalue weighted by Crippen LogP contribution is -2.57. The van der Waals surface area contributed by atoms with Crippen LogP contribution in [-0.2, 0) is 14.4 Å². The number of thiazole rings is 1. The second kappa shape index (κ2) is 14.7. The minimum atomic E-state index is -1.02. The summed E-state index contributed by atoms with van der Waals surface area (Å²) in [5.41, 5.74) is 1.59. The van der Waals surface area contributed by atoms with E-state index in [2.05, 4.69) is 18.7 Å². The highest BCUT2D eigenvalue weighted by Gasteiger charge is 2.43. The van der Waals surface area contributed by atoms with Gasteiger partial charge in [-0.2, -0.15) is 10.0 Å². The minimum Gasteiger partial charge on any atom is -0.281 e. The molecule has 1 aliphatic heterocycles. The van der Waals surface area contributed by atoms with Crippen LogP contribution >= 0.6 is 11.3 Å². The maximum Gasteiger partial charge on any atom is 0.280 e. The maximum atomic E-state index is 14.1. The Bertz CT molecular complexity index is 1640. The van der Waals surface area contributed by atoms with E-state index in [0.717, 1.165) is 56.0 Å². The Morgan fingerprint density at radius 3 is 2.11 bits per heavy atom. The number of benzene rings is 2. The third-order valence-corrected chi connectivity index (χ3v) is 8.72. The van der Waals surface area contributed by atoms with E-state index in [9.17, 15) is 19.2 Å². The van der Waals surface area contributed by atoms with Gasteiger partial charge >= 0.3 is 0 Å². The van der Waals surface area contributed by atoms with Gasteiger partial charge in [-0.3, -0.25) is 19.2 Å². The smallest absolute Gasteiger partial charge is 0.280 e. The molecule has 8 nitrogen and oxygen atoms in total. The molecule has 1 aromatic heterocycles. The summed E-state index contributed by atoms with van der Waals surface area (Å²) in [6, 6.07) is 17.6. The molecule has 44 heavy (non-hydrogen) atoms. The number of carbonyl (C=O) groups excluding carboxylic acids is 4. The zero-order chi connectivity index (χ0) is 31.8. The zero-order valence-electron chi connectivity index (χ0n) is 25.5. The highest BCUT2D eigenvalue weighted by Crippen LogP contribution is 2.39. The molecular formula is C35H36N4O4S. The number of imide groups is 2. The van der Waals surface area contributed by atoms with Crippen molar-refractivity contribution < 1.29 is 19.2 Å². The van der Waals surface area contributed by atoms with Gasteiger partial charge in [-0.05, 0) is 43.5 Å². The molecule has 226 valence electrons. The van der Waals surface area contributed by atoms with Crippen molar-refractivity contribution >= 4 is 41.0 Å². The fourth-order valence-electron chi connectivity index (χ4n) is 5.16. The fraction of sp³-hybridized carbons (Fsp3) is 0.314. The fourth-order valence-corrected chi connectivity index (χ4v) is 6.37. The molecule has 2 aromatic carbocycles.